The third kappa shape index (κ3) is 6.85. The van der Waals surface area contributed by atoms with Gasteiger partial charge in [-0.05, 0) is 62.5 Å². The second-order valence-corrected chi connectivity index (χ2v) is 13.7. The average molecular weight is 539 g/mol. The molecule has 2 aromatic rings. The van der Waals surface area contributed by atoms with E-state index in [1.807, 2.05) is 24.4 Å². The number of benzene rings is 1. The molecule has 2 aliphatic rings. The van der Waals surface area contributed by atoms with Gasteiger partial charge in [0.2, 0.25) is 6.36 Å². The summed E-state index contributed by atoms with van der Waals surface area (Å²) in [7, 11) is 0. The second-order valence-electron chi connectivity index (χ2n) is 12.6. The van der Waals surface area contributed by atoms with Crippen molar-refractivity contribution in [3.8, 4) is 28.2 Å². The van der Waals surface area contributed by atoms with Gasteiger partial charge in [0.15, 0.2) is 0 Å². The van der Waals surface area contributed by atoms with Gasteiger partial charge < -0.3 is 4.74 Å². The van der Waals surface area contributed by atoms with Crippen LogP contribution in [0, 0.1) is 34.0 Å². The van der Waals surface area contributed by atoms with E-state index in [0.29, 0.717) is 17.5 Å². The molecule has 206 valence electrons. The number of hydrogen-bond acceptors (Lipinski definition) is 5. The molecule has 6 heteroatoms. The van der Waals surface area contributed by atoms with Crippen LogP contribution in [0.5, 0.6) is 5.75 Å². The molecule has 1 aromatic carbocycles. The number of thiazole rings is 1. The fourth-order valence-electron chi connectivity index (χ4n) is 5.78. The van der Waals surface area contributed by atoms with Crippen LogP contribution in [-0.4, -0.2) is 35.1 Å². The molecule has 1 saturated carbocycles. The first-order valence-electron chi connectivity index (χ1n) is 14.0. The molecular formula is C32H43FN2O2S. The molecule has 3 unspecified atom stereocenters. The highest BCUT2D eigenvalue weighted by Crippen LogP contribution is 2.57. The van der Waals surface area contributed by atoms with E-state index in [9.17, 15) is 9.18 Å². The van der Waals surface area contributed by atoms with Gasteiger partial charge in [-0.2, -0.15) is 0 Å². The first-order chi connectivity index (χ1) is 18.0. The van der Waals surface area contributed by atoms with Crippen LogP contribution in [0.25, 0.3) is 10.6 Å². The van der Waals surface area contributed by atoms with Gasteiger partial charge in [-0.15, -0.1) is 17.3 Å². The maximum atomic E-state index is 13.6. The van der Waals surface area contributed by atoms with Crippen LogP contribution in [0.1, 0.15) is 84.9 Å². The van der Waals surface area contributed by atoms with E-state index < -0.39 is 6.36 Å². The minimum Gasteiger partial charge on any atom is -0.460 e. The van der Waals surface area contributed by atoms with E-state index in [1.54, 1.807) is 24.3 Å². The number of Topliss-reactive ketones (excluding diaryl/α,β-unsaturated/α-hetero) is 1. The Morgan fingerprint density at radius 2 is 2.05 bits per heavy atom. The average Bonchev–Trinajstić information content (AvgIpc) is 3.43. The van der Waals surface area contributed by atoms with E-state index in [1.165, 1.54) is 6.92 Å². The number of para-hydroxylation sites is 1. The molecule has 0 spiro atoms. The summed E-state index contributed by atoms with van der Waals surface area (Å²) < 4.78 is 19.0. The first kappa shape index (κ1) is 28.8. The molecular weight excluding hydrogens is 495 g/mol. The van der Waals surface area contributed by atoms with E-state index in [2.05, 4.69) is 49.4 Å². The van der Waals surface area contributed by atoms with Crippen LogP contribution in [0.3, 0.4) is 0 Å². The highest BCUT2D eigenvalue weighted by Gasteiger charge is 2.54. The third-order valence-corrected chi connectivity index (χ3v) is 9.23. The van der Waals surface area contributed by atoms with E-state index in [0.717, 1.165) is 73.6 Å². The van der Waals surface area contributed by atoms with Crippen LogP contribution in [-0.2, 0) is 11.3 Å². The number of hydrogen-bond donors (Lipinski definition) is 0. The van der Waals surface area contributed by atoms with E-state index in [-0.39, 0.29) is 16.2 Å². The lowest BCUT2D eigenvalue weighted by atomic mass is 9.62. The summed E-state index contributed by atoms with van der Waals surface area (Å²) in [5.41, 5.74) is 0.543. The summed E-state index contributed by atoms with van der Waals surface area (Å²) in [6.45, 7) is 14.7. The molecule has 0 N–H and O–H groups in total. The standard InChI is InChI=1S/C32H43FN2O2S/c1-7-8-11-14-31(15-16-31)21-32(23(2)36)17-25(30(4,5)6)19-35(22-32)20-26-18-34-29(38-26)27-12-9-10-13-28(27)37-24(3)33/h9-10,12-13,18,24-25H,7-8,15-17,19-22H2,1-6H3. The summed E-state index contributed by atoms with van der Waals surface area (Å²) in [6, 6.07) is 7.47. The van der Waals surface area contributed by atoms with Crippen molar-refractivity contribution in [1.82, 2.24) is 9.88 Å². The maximum Gasteiger partial charge on any atom is 0.235 e. The molecule has 0 radical (unpaired) electrons. The van der Waals surface area contributed by atoms with Crippen molar-refractivity contribution in [2.75, 3.05) is 13.1 Å². The number of likely N-dealkylation sites (tertiary alicyclic amines) is 1. The topological polar surface area (TPSA) is 42.4 Å². The minimum absolute atomic E-state index is 0.0151. The van der Waals surface area contributed by atoms with Crippen molar-refractivity contribution in [3.63, 3.8) is 0 Å². The largest absolute Gasteiger partial charge is 0.460 e. The van der Waals surface area contributed by atoms with Gasteiger partial charge in [0.05, 0.1) is 5.56 Å². The highest BCUT2D eigenvalue weighted by atomic mass is 32.1. The quantitative estimate of drug-likeness (QED) is 0.304. The van der Waals surface area contributed by atoms with Crippen LogP contribution < -0.4 is 4.74 Å². The number of alkyl halides is 1. The Hall–Kier alpha value is -2.23. The smallest absolute Gasteiger partial charge is 0.235 e. The lowest BCUT2D eigenvalue weighted by Gasteiger charge is -2.49. The zero-order valence-electron chi connectivity index (χ0n) is 23.9. The van der Waals surface area contributed by atoms with Crippen LogP contribution in [0.4, 0.5) is 4.39 Å². The highest BCUT2D eigenvalue weighted by molar-refractivity contribution is 7.15. The van der Waals surface area contributed by atoms with Crippen LogP contribution >= 0.6 is 11.3 Å². The van der Waals surface area contributed by atoms with Gasteiger partial charge in [-0.3, -0.25) is 9.69 Å². The number of carbonyl (C=O) groups excluding carboxylic acids is 1. The Bertz CT molecular complexity index is 1180. The Morgan fingerprint density at radius 3 is 2.68 bits per heavy atom. The molecule has 0 bridgehead atoms. The molecule has 3 atom stereocenters. The van der Waals surface area contributed by atoms with Crippen LogP contribution in [0.2, 0.25) is 0 Å². The summed E-state index contributed by atoms with van der Waals surface area (Å²) in [4.78, 5) is 21.7. The van der Waals surface area contributed by atoms with Gasteiger partial charge in [0.1, 0.15) is 16.5 Å². The van der Waals surface area contributed by atoms with E-state index >= 15 is 0 Å². The SMILES string of the molecule is CCCC#CC1(CC2(C(C)=O)CC(C(C)(C)C)CN(Cc3cnc(-c4ccccc4OC(C)F)s3)C2)CC1. The second kappa shape index (κ2) is 11.5. The monoisotopic (exact) mass is 538 g/mol. The number of ether oxygens (including phenoxy) is 1. The minimum atomic E-state index is -1.39. The zero-order chi connectivity index (χ0) is 27.6. The Morgan fingerprint density at radius 1 is 1.32 bits per heavy atom. The molecule has 0 amide bonds. The first-order valence-corrected chi connectivity index (χ1v) is 14.9. The Balaban J connectivity index is 1.58. The number of rotatable bonds is 9. The normalized spacial score (nSPS) is 23.8. The fourth-order valence-corrected chi connectivity index (χ4v) is 6.76. The summed E-state index contributed by atoms with van der Waals surface area (Å²) >= 11 is 1.61. The summed E-state index contributed by atoms with van der Waals surface area (Å²) in [5.74, 6) is 8.20. The third-order valence-electron chi connectivity index (χ3n) is 8.21. The van der Waals surface area contributed by atoms with Crippen LogP contribution in [0.15, 0.2) is 30.5 Å². The number of carbonyl (C=O) groups is 1. The molecule has 1 aliphatic carbocycles. The zero-order valence-corrected chi connectivity index (χ0v) is 24.7. The molecule has 4 rings (SSSR count). The molecule has 2 fully saturated rings. The van der Waals surface area contributed by atoms with Gasteiger partial charge in [0, 0.05) is 54.9 Å². The molecule has 4 nitrogen and oxygen atoms in total. The van der Waals surface area contributed by atoms with Gasteiger partial charge in [0.25, 0.3) is 0 Å². The molecule has 1 saturated heterocycles. The summed E-state index contributed by atoms with van der Waals surface area (Å²) in [6.07, 6.45) is 6.55. The fraction of sp³-hybridized carbons (Fsp3) is 0.625. The predicted molar refractivity (Wildman–Crippen MR) is 154 cm³/mol. The van der Waals surface area contributed by atoms with Crippen molar-refractivity contribution >= 4 is 17.1 Å². The van der Waals surface area contributed by atoms with Crippen molar-refractivity contribution in [2.24, 2.45) is 22.2 Å². The number of piperidine rings is 1. The molecule has 1 aromatic heterocycles. The Labute approximate surface area is 232 Å². The molecule has 38 heavy (non-hydrogen) atoms. The lowest BCUT2D eigenvalue weighted by Crippen LogP contribution is -2.53. The predicted octanol–water partition coefficient (Wildman–Crippen LogP) is 7.92. The number of unbranched alkanes of at least 4 members (excludes halogenated alkanes) is 1. The number of halogens is 1. The van der Waals surface area contributed by atoms with Crippen molar-refractivity contribution in [2.45, 2.75) is 93.0 Å². The van der Waals surface area contributed by atoms with Gasteiger partial charge >= 0.3 is 0 Å². The van der Waals surface area contributed by atoms with Crippen molar-refractivity contribution in [1.29, 1.82) is 0 Å². The summed E-state index contributed by atoms with van der Waals surface area (Å²) in [5, 5.41) is 0.821. The van der Waals surface area contributed by atoms with E-state index in [4.69, 9.17) is 4.74 Å². The van der Waals surface area contributed by atoms with Crippen molar-refractivity contribution in [3.05, 3.63) is 35.3 Å². The maximum absolute atomic E-state index is 13.6. The molecule has 2 heterocycles. The van der Waals surface area contributed by atoms with Gasteiger partial charge in [-0.1, -0.05) is 45.7 Å². The van der Waals surface area contributed by atoms with Crippen molar-refractivity contribution < 1.29 is 13.9 Å². The lowest BCUT2D eigenvalue weighted by molar-refractivity contribution is -0.134. The van der Waals surface area contributed by atoms with Gasteiger partial charge in [-0.25, -0.2) is 9.37 Å². The number of aromatic nitrogens is 1. The Kier molecular flexibility index (Phi) is 8.69. The number of nitrogens with zero attached hydrogens (tertiary/aromatic N) is 2. The molecule has 1 aliphatic heterocycles. The number of ketones is 1.